The summed E-state index contributed by atoms with van der Waals surface area (Å²) in [6.45, 7) is 6.87. The number of aliphatic hydroxyl groups excluding tert-OH is 1. The zero-order valence-corrected chi connectivity index (χ0v) is 36.2. The minimum absolute atomic E-state index is 0.0311. The Kier molecular flexibility index (Phi) is 21.3. The van der Waals surface area contributed by atoms with E-state index in [1.54, 1.807) is 62.4 Å². The van der Waals surface area contributed by atoms with Crippen LogP contribution in [0.5, 0.6) is 5.75 Å². The van der Waals surface area contributed by atoms with Crippen LogP contribution >= 0.6 is 0 Å². The molecule has 0 heterocycles. The number of nitrogens with one attached hydrogen (secondary N) is 7. The second kappa shape index (κ2) is 25.7. The van der Waals surface area contributed by atoms with Crippen molar-refractivity contribution < 1.29 is 73.1 Å². The molecule has 7 amide bonds. The molecular formula is C42H57N7O15. The van der Waals surface area contributed by atoms with E-state index in [1.807, 2.05) is 0 Å². The number of carbonyl (C=O) groups is 10. The number of aliphatic hydroxyl groups is 1. The summed E-state index contributed by atoms with van der Waals surface area (Å²) in [5, 5.41) is 55.5. The summed E-state index contributed by atoms with van der Waals surface area (Å²) >= 11 is 0. The number of rotatable bonds is 26. The van der Waals surface area contributed by atoms with Crippen molar-refractivity contribution in [3.8, 4) is 5.75 Å². The lowest BCUT2D eigenvalue weighted by Crippen LogP contribution is -2.61. The number of amides is 7. The summed E-state index contributed by atoms with van der Waals surface area (Å²) in [6.07, 6.45) is -3.87. The van der Waals surface area contributed by atoms with E-state index in [0.717, 1.165) is 6.92 Å². The fourth-order valence-electron chi connectivity index (χ4n) is 6.15. The van der Waals surface area contributed by atoms with Crippen molar-refractivity contribution in [3.05, 3.63) is 65.7 Å². The Hall–Kier alpha value is -7.10. The van der Waals surface area contributed by atoms with E-state index in [9.17, 15) is 68.4 Å². The Morgan fingerprint density at radius 1 is 0.547 bits per heavy atom. The monoisotopic (exact) mass is 899 g/mol. The standard InChI is InChI=1S/C42H57N7O15/c1-21(2)15-28(47-41(61)35(23(4)50)49-40(60)29(44-24(5)51)17-25-11-8-7-9-12-25)38(58)46-30(19-33(52)53)37(57)43-22(3)36(56)45-31(20-34(54)55)39(59)48-32(42(62)63)18-26-13-10-14-27(16-26)64-6/h7-14,16,21-23,28-32,35,50H,15,17-20H2,1-6H3,(H,43,57)(H,44,51)(H,45,56)(H,46,58)(H,47,61)(H,48,59)(H,49,60)(H,52,53)(H,54,55)(H,62,63)/t22-,23+,28-,29-,30-,31-,32-,35-/m0/s1. The highest BCUT2D eigenvalue weighted by Crippen LogP contribution is 2.15. The van der Waals surface area contributed by atoms with Gasteiger partial charge in [-0.2, -0.15) is 0 Å². The van der Waals surface area contributed by atoms with Crippen molar-refractivity contribution in [2.24, 2.45) is 5.92 Å². The summed E-state index contributed by atoms with van der Waals surface area (Å²) in [4.78, 5) is 128. The zero-order chi connectivity index (χ0) is 48.3. The van der Waals surface area contributed by atoms with E-state index in [-0.39, 0.29) is 25.2 Å². The van der Waals surface area contributed by atoms with E-state index in [1.165, 1.54) is 27.0 Å². The van der Waals surface area contributed by atoms with Crippen molar-refractivity contribution in [2.75, 3.05) is 7.11 Å². The average molecular weight is 900 g/mol. The minimum Gasteiger partial charge on any atom is -0.497 e. The van der Waals surface area contributed by atoms with E-state index >= 15 is 0 Å². The van der Waals surface area contributed by atoms with Crippen LogP contribution in [0.25, 0.3) is 0 Å². The van der Waals surface area contributed by atoms with Gasteiger partial charge in [-0.1, -0.05) is 56.3 Å². The smallest absolute Gasteiger partial charge is 0.326 e. The molecule has 22 nitrogen and oxygen atoms in total. The summed E-state index contributed by atoms with van der Waals surface area (Å²) < 4.78 is 5.13. The fourth-order valence-corrected chi connectivity index (χ4v) is 6.15. The van der Waals surface area contributed by atoms with Gasteiger partial charge >= 0.3 is 17.9 Å². The van der Waals surface area contributed by atoms with Gasteiger partial charge in [0.2, 0.25) is 41.4 Å². The Morgan fingerprint density at radius 3 is 1.55 bits per heavy atom. The Morgan fingerprint density at radius 2 is 1.03 bits per heavy atom. The van der Waals surface area contributed by atoms with Gasteiger partial charge in [0, 0.05) is 19.8 Å². The molecule has 0 fully saturated rings. The zero-order valence-electron chi connectivity index (χ0n) is 36.2. The lowest BCUT2D eigenvalue weighted by molar-refractivity contribution is -0.143. The van der Waals surface area contributed by atoms with Gasteiger partial charge < -0.3 is 62.4 Å². The highest BCUT2D eigenvalue weighted by molar-refractivity contribution is 5.98. The van der Waals surface area contributed by atoms with Crippen molar-refractivity contribution in [3.63, 3.8) is 0 Å². The Labute approximate surface area is 368 Å². The molecule has 0 spiro atoms. The first-order chi connectivity index (χ1) is 30.0. The van der Waals surface area contributed by atoms with Crippen LogP contribution in [-0.4, -0.2) is 135 Å². The third-order valence-electron chi connectivity index (χ3n) is 9.34. The topological polar surface area (TPSA) is 345 Å². The first-order valence-electron chi connectivity index (χ1n) is 20.1. The maximum absolute atomic E-state index is 13.7. The molecule has 2 aromatic rings. The molecule has 0 saturated heterocycles. The van der Waals surface area contributed by atoms with Gasteiger partial charge in [-0.05, 0) is 49.4 Å². The van der Waals surface area contributed by atoms with Gasteiger partial charge in [0.1, 0.15) is 48.0 Å². The SMILES string of the molecule is COc1cccc(C[C@H](NC(=O)[C@H](CC(=O)O)NC(=O)[C@H](C)NC(=O)[C@H](CC(=O)O)NC(=O)[C@H](CC(C)C)NC(=O)[C@@H](NC(=O)[C@H](Cc2ccccc2)NC(C)=O)[C@@H](C)O)C(=O)O)c1. The molecule has 350 valence electrons. The number of hydrogen-bond donors (Lipinski definition) is 11. The molecule has 11 N–H and O–H groups in total. The van der Waals surface area contributed by atoms with Crippen molar-refractivity contribution in [2.45, 2.75) is 115 Å². The first-order valence-corrected chi connectivity index (χ1v) is 20.1. The van der Waals surface area contributed by atoms with Crippen LogP contribution in [0.3, 0.4) is 0 Å². The van der Waals surface area contributed by atoms with E-state index in [0.29, 0.717) is 16.9 Å². The molecule has 2 aromatic carbocycles. The molecular weight excluding hydrogens is 842 g/mol. The number of hydrogen-bond acceptors (Lipinski definition) is 12. The third kappa shape index (κ3) is 18.5. The number of methoxy groups -OCH3 is 1. The molecule has 0 aliphatic heterocycles. The minimum atomic E-state index is -1.87. The molecule has 0 bridgehead atoms. The first kappa shape index (κ1) is 53.0. The molecule has 8 atom stereocenters. The number of aliphatic carboxylic acids is 3. The van der Waals surface area contributed by atoms with Crippen LogP contribution in [0.1, 0.15) is 65.0 Å². The molecule has 0 aliphatic carbocycles. The van der Waals surface area contributed by atoms with Crippen LogP contribution in [0.15, 0.2) is 54.6 Å². The predicted octanol–water partition coefficient (Wildman–Crippen LogP) is -1.63. The van der Waals surface area contributed by atoms with Crippen molar-refractivity contribution in [1.29, 1.82) is 0 Å². The van der Waals surface area contributed by atoms with E-state index in [2.05, 4.69) is 37.2 Å². The van der Waals surface area contributed by atoms with Gasteiger partial charge in [-0.15, -0.1) is 0 Å². The van der Waals surface area contributed by atoms with Gasteiger partial charge in [0.05, 0.1) is 26.1 Å². The number of ether oxygens (including phenoxy) is 1. The summed E-state index contributed by atoms with van der Waals surface area (Å²) in [5.41, 5.74) is 1.12. The summed E-state index contributed by atoms with van der Waals surface area (Å²) in [6, 6.07) is 3.75. The molecule has 22 heteroatoms. The molecule has 0 unspecified atom stereocenters. The van der Waals surface area contributed by atoms with Crippen LogP contribution in [0.4, 0.5) is 0 Å². The van der Waals surface area contributed by atoms with Gasteiger partial charge in [0.15, 0.2) is 0 Å². The fraction of sp³-hybridized carbons (Fsp3) is 0.476. The van der Waals surface area contributed by atoms with Crippen LogP contribution < -0.4 is 42.0 Å². The largest absolute Gasteiger partial charge is 0.497 e. The van der Waals surface area contributed by atoms with Gasteiger partial charge in [0.25, 0.3) is 0 Å². The predicted molar refractivity (Wildman–Crippen MR) is 225 cm³/mol. The average Bonchev–Trinajstić information content (AvgIpc) is 3.20. The number of carbonyl (C=O) groups excluding carboxylic acids is 7. The number of benzene rings is 2. The lowest BCUT2D eigenvalue weighted by atomic mass is 10.0. The Bertz CT molecular complexity index is 2000. The molecule has 0 aliphatic rings. The molecule has 0 aromatic heterocycles. The highest BCUT2D eigenvalue weighted by Gasteiger charge is 2.36. The Balaban J connectivity index is 2.22. The van der Waals surface area contributed by atoms with Crippen molar-refractivity contribution in [1.82, 2.24) is 37.2 Å². The van der Waals surface area contributed by atoms with E-state index in [4.69, 9.17) is 4.74 Å². The number of carboxylic acid groups (broad SMARTS) is 3. The van der Waals surface area contributed by atoms with E-state index < -0.39 is 120 Å². The lowest BCUT2D eigenvalue weighted by Gasteiger charge is -2.28. The maximum Gasteiger partial charge on any atom is 0.326 e. The normalized spacial score (nSPS) is 14.6. The second-order valence-electron chi connectivity index (χ2n) is 15.4. The maximum atomic E-state index is 13.7. The van der Waals surface area contributed by atoms with Crippen LogP contribution in [0, 0.1) is 5.92 Å². The molecule has 64 heavy (non-hydrogen) atoms. The summed E-state index contributed by atoms with van der Waals surface area (Å²) in [7, 11) is 1.40. The molecule has 2 rings (SSSR count). The highest BCUT2D eigenvalue weighted by atomic mass is 16.5. The molecule has 0 radical (unpaired) electrons. The van der Waals surface area contributed by atoms with Crippen molar-refractivity contribution >= 4 is 59.3 Å². The van der Waals surface area contributed by atoms with Crippen LogP contribution in [0.2, 0.25) is 0 Å². The summed E-state index contributed by atoms with van der Waals surface area (Å²) in [5.74, 6) is -11.5. The second-order valence-corrected chi connectivity index (χ2v) is 15.4. The van der Waals surface area contributed by atoms with Gasteiger partial charge in [-0.3, -0.25) is 43.2 Å². The van der Waals surface area contributed by atoms with Gasteiger partial charge in [-0.25, -0.2) is 4.79 Å². The number of carboxylic acids is 3. The molecule has 0 saturated carbocycles. The third-order valence-corrected chi connectivity index (χ3v) is 9.34. The quantitative estimate of drug-likeness (QED) is 0.0505. The van der Waals surface area contributed by atoms with Crippen LogP contribution in [-0.2, 0) is 60.8 Å².